The summed E-state index contributed by atoms with van der Waals surface area (Å²) in [6.45, 7) is 2.26. The maximum Gasteiger partial charge on any atom is 0.138 e. The van der Waals surface area contributed by atoms with E-state index in [2.05, 4.69) is 11.9 Å². The average Bonchev–Trinajstić information content (AvgIpc) is 2.31. The van der Waals surface area contributed by atoms with Crippen LogP contribution in [0.5, 0.6) is 5.75 Å². The molecule has 1 aliphatic carbocycles. The summed E-state index contributed by atoms with van der Waals surface area (Å²) >= 11 is 0. The van der Waals surface area contributed by atoms with Crippen molar-refractivity contribution in [2.75, 3.05) is 0 Å². The highest BCUT2D eigenvalue weighted by Gasteiger charge is 2.25. The van der Waals surface area contributed by atoms with Gasteiger partial charge in [0.15, 0.2) is 0 Å². The van der Waals surface area contributed by atoms with Crippen molar-refractivity contribution >= 4 is 0 Å². The minimum atomic E-state index is 0.410. The van der Waals surface area contributed by atoms with E-state index in [-0.39, 0.29) is 0 Å². The van der Waals surface area contributed by atoms with Crippen molar-refractivity contribution in [3.05, 3.63) is 24.5 Å². The summed E-state index contributed by atoms with van der Waals surface area (Å²) in [5.74, 6) is 1.65. The Hall–Kier alpha value is -1.05. The third kappa shape index (κ3) is 2.71. The molecule has 1 saturated carbocycles. The smallest absolute Gasteiger partial charge is 0.138 e. The molecule has 1 fully saturated rings. The topological polar surface area (TPSA) is 22.1 Å². The summed E-state index contributed by atoms with van der Waals surface area (Å²) in [6, 6.07) is 3.92. The number of pyridine rings is 1. The number of aromatic nitrogens is 1. The van der Waals surface area contributed by atoms with Crippen LogP contribution in [0.2, 0.25) is 0 Å². The molecule has 0 bridgehead atoms. The van der Waals surface area contributed by atoms with Gasteiger partial charge in [0.25, 0.3) is 0 Å². The second-order valence-corrected chi connectivity index (χ2v) is 4.30. The van der Waals surface area contributed by atoms with E-state index in [1.807, 2.05) is 12.1 Å². The van der Waals surface area contributed by atoms with Crippen LogP contribution in [-0.2, 0) is 0 Å². The Bertz CT molecular complexity index is 286. The summed E-state index contributed by atoms with van der Waals surface area (Å²) < 4.78 is 6.00. The van der Waals surface area contributed by atoms with Gasteiger partial charge in [-0.3, -0.25) is 4.98 Å². The summed E-state index contributed by atoms with van der Waals surface area (Å²) in [7, 11) is 0. The normalized spacial score (nSPS) is 26.2. The van der Waals surface area contributed by atoms with E-state index in [9.17, 15) is 0 Å². The van der Waals surface area contributed by atoms with Gasteiger partial charge in [0.2, 0.25) is 0 Å². The SMILES string of the molecule is CCC1CCCCC1Oc1cccnc1. The minimum absolute atomic E-state index is 0.410. The lowest BCUT2D eigenvalue weighted by Gasteiger charge is -2.31. The first-order chi connectivity index (χ1) is 7.40. The van der Waals surface area contributed by atoms with Crippen LogP contribution in [0.1, 0.15) is 39.0 Å². The molecular formula is C13H19NO. The summed E-state index contributed by atoms with van der Waals surface area (Å²) in [4.78, 5) is 4.08. The lowest BCUT2D eigenvalue weighted by molar-refractivity contribution is 0.0900. The van der Waals surface area contributed by atoms with Gasteiger partial charge in [-0.05, 0) is 43.7 Å². The van der Waals surface area contributed by atoms with Gasteiger partial charge < -0.3 is 4.74 Å². The second kappa shape index (κ2) is 5.15. The molecule has 15 heavy (non-hydrogen) atoms. The van der Waals surface area contributed by atoms with E-state index in [1.54, 1.807) is 12.4 Å². The lowest BCUT2D eigenvalue weighted by atomic mass is 9.85. The van der Waals surface area contributed by atoms with Crippen LogP contribution in [0.4, 0.5) is 0 Å². The molecule has 2 unspecified atom stereocenters. The van der Waals surface area contributed by atoms with Gasteiger partial charge >= 0.3 is 0 Å². The molecule has 0 aliphatic heterocycles. The fourth-order valence-electron chi connectivity index (χ4n) is 2.39. The molecule has 82 valence electrons. The fraction of sp³-hybridized carbons (Fsp3) is 0.615. The zero-order valence-corrected chi connectivity index (χ0v) is 9.36. The molecule has 2 rings (SSSR count). The number of rotatable bonds is 3. The van der Waals surface area contributed by atoms with Crippen molar-refractivity contribution in [1.29, 1.82) is 0 Å². The molecule has 0 amide bonds. The van der Waals surface area contributed by atoms with Gasteiger partial charge in [0, 0.05) is 6.20 Å². The van der Waals surface area contributed by atoms with E-state index >= 15 is 0 Å². The minimum Gasteiger partial charge on any atom is -0.489 e. The Kier molecular flexibility index (Phi) is 3.59. The maximum absolute atomic E-state index is 6.00. The molecule has 1 aromatic rings. The average molecular weight is 205 g/mol. The van der Waals surface area contributed by atoms with Crippen molar-refractivity contribution in [1.82, 2.24) is 4.98 Å². The van der Waals surface area contributed by atoms with Crippen LogP contribution in [0.25, 0.3) is 0 Å². The van der Waals surface area contributed by atoms with Gasteiger partial charge in [-0.1, -0.05) is 13.3 Å². The Morgan fingerprint density at radius 2 is 2.27 bits per heavy atom. The Morgan fingerprint density at radius 3 is 3.00 bits per heavy atom. The third-order valence-electron chi connectivity index (χ3n) is 3.29. The van der Waals surface area contributed by atoms with Crippen molar-refractivity contribution in [2.45, 2.75) is 45.1 Å². The van der Waals surface area contributed by atoms with Crippen molar-refractivity contribution in [2.24, 2.45) is 5.92 Å². The standard InChI is InChI=1S/C13H19NO/c1-2-11-6-3-4-8-13(11)15-12-7-5-9-14-10-12/h5,7,9-11,13H,2-4,6,8H2,1H3. The van der Waals surface area contributed by atoms with Crippen LogP contribution >= 0.6 is 0 Å². The molecule has 2 atom stereocenters. The van der Waals surface area contributed by atoms with Gasteiger partial charge in [0.05, 0.1) is 6.20 Å². The first-order valence-electron chi connectivity index (χ1n) is 5.97. The highest BCUT2D eigenvalue weighted by molar-refractivity contribution is 5.16. The zero-order chi connectivity index (χ0) is 10.5. The molecule has 1 aromatic heterocycles. The molecular weight excluding hydrogens is 186 g/mol. The summed E-state index contributed by atoms with van der Waals surface area (Å²) in [5, 5.41) is 0. The first-order valence-corrected chi connectivity index (χ1v) is 5.97. The van der Waals surface area contributed by atoms with Crippen molar-refractivity contribution < 1.29 is 4.74 Å². The molecule has 1 heterocycles. The Morgan fingerprint density at radius 1 is 1.40 bits per heavy atom. The van der Waals surface area contributed by atoms with E-state index in [1.165, 1.54) is 32.1 Å². The van der Waals surface area contributed by atoms with Crippen LogP contribution < -0.4 is 4.74 Å². The first kappa shape index (κ1) is 10.5. The van der Waals surface area contributed by atoms with Crippen molar-refractivity contribution in [3.8, 4) is 5.75 Å². The molecule has 2 heteroatoms. The quantitative estimate of drug-likeness (QED) is 0.754. The summed E-state index contributed by atoms with van der Waals surface area (Å²) in [6.07, 6.45) is 10.4. The molecule has 2 nitrogen and oxygen atoms in total. The molecule has 1 aliphatic rings. The highest BCUT2D eigenvalue weighted by atomic mass is 16.5. The van der Waals surface area contributed by atoms with Gasteiger partial charge in [-0.2, -0.15) is 0 Å². The number of ether oxygens (including phenoxy) is 1. The maximum atomic E-state index is 6.00. The molecule has 0 radical (unpaired) electrons. The van der Waals surface area contributed by atoms with Crippen molar-refractivity contribution in [3.63, 3.8) is 0 Å². The van der Waals surface area contributed by atoms with E-state index < -0.39 is 0 Å². The number of hydrogen-bond donors (Lipinski definition) is 0. The number of nitrogens with zero attached hydrogens (tertiary/aromatic N) is 1. The van der Waals surface area contributed by atoms with Crippen LogP contribution in [0, 0.1) is 5.92 Å². The third-order valence-corrected chi connectivity index (χ3v) is 3.29. The monoisotopic (exact) mass is 205 g/mol. The van der Waals surface area contributed by atoms with Gasteiger partial charge in [-0.25, -0.2) is 0 Å². The van der Waals surface area contributed by atoms with E-state index in [0.717, 1.165) is 11.7 Å². The predicted molar refractivity (Wildman–Crippen MR) is 60.9 cm³/mol. The van der Waals surface area contributed by atoms with Crippen LogP contribution in [-0.4, -0.2) is 11.1 Å². The Balaban J connectivity index is 1.97. The zero-order valence-electron chi connectivity index (χ0n) is 9.36. The van der Waals surface area contributed by atoms with Gasteiger partial charge in [0.1, 0.15) is 11.9 Å². The fourth-order valence-corrected chi connectivity index (χ4v) is 2.39. The van der Waals surface area contributed by atoms with E-state index in [0.29, 0.717) is 6.10 Å². The highest BCUT2D eigenvalue weighted by Crippen LogP contribution is 2.29. The summed E-state index contributed by atoms with van der Waals surface area (Å²) in [5.41, 5.74) is 0. The Labute approximate surface area is 91.7 Å². The molecule has 0 aromatic carbocycles. The largest absolute Gasteiger partial charge is 0.489 e. The van der Waals surface area contributed by atoms with E-state index in [4.69, 9.17) is 4.74 Å². The molecule has 0 N–H and O–H groups in total. The predicted octanol–water partition coefficient (Wildman–Crippen LogP) is 3.43. The van der Waals surface area contributed by atoms with Gasteiger partial charge in [-0.15, -0.1) is 0 Å². The molecule has 0 spiro atoms. The lowest BCUT2D eigenvalue weighted by Crippen LogP contribution is -2.29. The van der Waals surface area contributed by atoms with Crippen LogP contribution in [0.15, 0.2) is 24.5 Å². The second-order valence-electron chi connectivity index (χ2n) is 4.30. The molecule has 0 saturated heterocycles. The number of hydrogen-bond acceptors (Lipinski definition) is 2. The van der Waals surface area contributed by atoms with Crippen LogP contribution in [0.3, 0.4) is 0 Å².